The number of carbonyl (C=O) groups excluding carboxylic acids is 1. The highest BCUT2D eigenvalue weighted by atomic mass is 16.4. The van der Waals surface area contributed by atoms with Gasteiger partial charge in [0, 0.05) is 24.2 Å². The van der Waals surface area contributed by atoms with E-state index < -0.39 is 6.09 Å². The van der Waals surface area contributed by atoms with Crippen LogP contribution in [0.25, 0.3) is 11.1 Å². The van der Waals surface area contributed by atoms with E-state index in [1.165, 1.54) is 9.58 Å². The first-order valence-electron chi connectivity index (χ1n) is 8.87. The van der Waals surface area contributed by atoms with E-state index in [4.69, 9.17) is 5.26 Å². The number of fused-ring (bicyclic) bond motifs is 1. The molecule has 0 saturated heterocycles. The van der Waals surface area contributed by atoms with Crippen molar-refractivity contribution >= 4 is 23.4 Å². The van der Waals surface area contributed by atoms with Crippen LogP contribution in [0.15, 0.2) is 30.6 Å². The molecule has 4 rings (SSSR count). The van der Waals surface area contributed by atoms with Crippen LogP contribution in [-0.2, 0) is 11.3 Å². The predicted molar refractivity (Wildman–Crippen MR) is 98.3 cm³/mol. The largest absolute Gasteiger partial charge is 0.465 e. The van der Waals surface area contributed by atoms with Gasteiger partial charge in [0.25, 0.3) is 0 Å². The lowest BCUT2D eigenvalue weighted by atomic mass is 10.0. The van der Waals surface area contributed by atoms with E-state index in [1.807, 2.05) is 19.1 Å². The number of hydrogen-bond donors (Lipinski definition) is 1. The molecule has 2 aliphatic rings. The Morgan fingerprint density at radius 2 is 2.07 bits per heavy atom. The van der Waals surface area contributed by atoms with Gasteiger partial charge >= 0.3 is 6.09 Å². The molecule has 0 spiro atoms. The van der Waals surface area contributed by atoms with Gasteiger partial charge in [0.2, 0.25) is 5.91 Å². The Hall–Kier alpha value is -3.34. The maximum Gasteiger partial charge on any atom is 0.411 e. The minimum Gasteiger partial charge on any atom is -0.465 e. The van der Waals surface area contributed by atoms with Crippen molar-refractivity contribution < 1.29 is 14.7 Å². The molecular formula is C19H19N5O3. The van der Waals surface area contributed by atoms with Crippen molar-refractivity contribution in [3.8, 4) is 17.2 Å². The molecule has 27 heavy (non-hydrogen) atoms. The fraction of sp³-hybridized carbons (Fsp3) is 0.368. The Morgan fingerprint density at radius 3 is 2.74 bits per heavy atom. The van der Waals surface area contributed by atoms with Crippen molar-refractivity contribution in [2.75, 3.05) is 16.3 Å². The van der Waals surface area contributed by atoms with E-state index in [9.17, 15) is 14.7 Å². The number of carbonyl (C=O) groups is 2. The summed E-state index contributed by atoms with van der Waals surface area (Å²) >= 11 is 0. The van der Waals surface area contributed by atoms with Crippen molar-refractivity contribution in [2.45, 2.75) is 32.4 Å². The Labute approximate surface area is 156 Å². The molecule has 2 aromatic rings. The molecule has 1 atom stereocenters. The number of nitriles is 1. The van der Waals surface area contributed by atoms with Gasteiger partial charge in [-0.25, -0.2) is 4.79 Å². The van der Waals surface area contributed by atoms with Crippen molar-refractivity contribution in [3.63, 3.8) is 0 Å². The number of nitrogens with zero attached hydrogens (tertiary/aromatic N) is 5. The average molecular weight is 365 g/mol. The van der Waals surface area contributed by atoms with Gasteiger partial charge in [-0.15, -0.1) is 0 Å². The zero-order valence-electron chi connectivity index (χ0n) is 14.9. The highest BCUT2D eigenvalue weighted by Crippen LogP contribution is 2.42. The van der Waals surface area contributed by atoms with Gasteiger partial charge in [0.1, 0.15) is 6.54 Å². The molecule has 0 radical (unpaired) electrons. The van der Waals surface area contributed by atoms with Crippen LogP contribution in [0.4, 0.5) is 16.2 Å². The summed E-state index contributed by atoms with van der Waals surface area (Å²) in [5.74, 6) is 0.129. The van der Waals surface area contributed by atoms with Gasteiger partial charge < -0.3 is 10.0 Å². The second-order valence-corrected chi connectivity index (χ2v) is 7.01. The lowest BCUT2D eigenvalue weighted by molar-refractivity contribution is -0.120. The topological polar surface area (TPSA) is 102 Å². The molecule has 1 aromatic carbocycles. The fourth-order valence-electron chi connectivity index (χ4n) is 3.52. The van der Waals surface area contributed by atoms with Crippen molar-refractivity contribution in [3.05, 3.63) is 30.6 Å². The van der Waals surface area contributed by atoms with Crippen molar-refractivity contribution in [1.82, 2.24) is 9.78 Å². The normalized spacial score (nSPS) is 18.7. The number of rotatable bonds is 3. The van der Waals surface area contributed by atoms with Gasteiger partial charge in [-0.2, -0.15) is 10.4 Å². The highest BCUT2D eigenvalue weighted by Gasteiger charge is 2.41. The van der Waals surface area contributed by atoms with Crippen LogP contribution >= 0.6 is 0 Å². The summed E-state index contributed by atoms with van der Waals surface area (Å²) in [6, 6.07) is 7.25. The van der Waals surface area contributed by atoms with E-state index in [0.717, 1.165) is 24.0 Å². The summed E-state index contributed by atoms with van der Waals surface area (Å²) in [7, 11) is 0. The summed E-state index contributed by atoms with van der Waals surface area (Å²) in [6.07, 6.45) is 4.14. The maximum absolute atomic E-state index is 12.8. The standard InChI is InChI=1S/C19H19N5O3/c1-12-10-23(19(26)27)17-8-14(15-9-21-22(11-15)7-6-20)4-5-16(17)24(12)18(25)13-2-3-13/h4-5,8-9,11-13H,2-3,7,10H2,1H3,(H,26,27)/t12-/m0/s1. The minimum atomic E-state index is -1.04. The molecule has 0 bridgehead atoms. The molecule has 0 unspecified atom stereocenters. The molecule has 138 valence electrons. The predicted octanol–water partition coefficient (Wildman–Crippen LogP) is 2.70. The van der Waals surface area contributed by atoms with E-state index in [1.54, 1.807) is 29.4 Å². The third-order valence-electron chi connectivity index (χ3n) is 5.01. The molecule has 1 aromatic heterocycles. The Kier molecular flexibility index (Phi) is 4.07. The quantitative estimate of drug-likeness (QED) is 0.901. The van der Waals surface area contributed by atoms with Crippen LogP contribution in [0.2, 0.25) is 0 Å². The maximum atomic E-state index is 12.8. The van der Waals surface area contributed by atoms with Crippen LogP contribution in [0.5, 0.6) is 0 Å². The minimum absolute atomic E-state index is 0.0561. The number of aromatic nitrogens is 2. The molecule has 8 nitrogen and oxygen atoms in total. The zero-order valence-corrected chi connectivity index (χ0v) is 14.9. The second-order valence-electron chi connectivity index (χ2n) is 7.01. The molecule has 1 aliphatic carbocycles. The van der Waals surface area contributed by atoms with Crippen LogP contribution in [0, 0.1) is 17.2 Å². The lowest BCUT2D eigenvalue weighted by Gasteiger charge is -2.40. The lowest BCUT2D eigenvalue weighted by Crippen LogP contribution is -2.52. The summed E-state index contributed by atoms with van der Waals surface area (Å²) in [4.78, 5) is 27.6. The van der Waals surface area contributed by atoms with Crippen molar-refractivity contribution in [2.24, 2.45) is 5.92 Å². The summed E-state index contributed by atoms with van der Waals surface area (Å²) in [5.41, 5.74) is 2.70. The Bertz CT molecular complexity index is 956. The summed E-state index contributed by atoms with van der Waals surface area (Å²) < 4.78 is 1.52. The molecule has 2 amide bonds. The van der Waals surface area contributed by atoms with Crippen LogP contribution in [-0.4, -0.2) is 39.5 Å². The molecular weight excluding hydrogens is 346 g/mol. The monoisotopic (exact) mass is 365 g/mol. The Balaban J connectivity index is 1.77. The first-order chi connectivity index (χ1) is 13.0. The molecule has 1 saturated carbocycles. The summed E-state index contributed by atoms with van der Waals surface area (Å²) in [5, 5.41) is 22.6. The van der Waals surface area contributed by atoms with Crippen LogP contribution in [0.1, 0.15) is 19.8 Å². The van der Waals surface area contributed by atoms with Gasteiger partial charge in [-0.05, 0) is 37.5 Å². The van der Waals surface area contributed by atoms with Crippen LogP contribution in [0.3, 0.4) is 0 Å². The first kappa shape index (κ1) is 17.1. The van der Waals surface area contributed by atoms with Gasteiger partial charge in [0.15, 0.2) is 0 Å². The third-order valence-corrected chi connectivity index (χ3v) is 5.01. The van der Waals surface area contributed by atoms with Gasteiger partial charge in [-0.1, -0.05) is 6.07 Å². The highest BCUT2D eigenvalue weighted by molar-refractivity contribution is 6.04. The van der Waals surface area contributed by atoms with Gasteiger partial charge in [0.05, 0.1) is 29.7 Å². The molecule has 1 N–H and O–H groups in total. The average Bonchev–Trinajstić information content (AvgIpc) is 3.40. The van der Waals surface area contributed by atoms with Gasteiger partial charge in [-0.3, -0.25) is 14.4 Å². The van der Waals surface area contributed by atoms with E-state index in [2.05, 4.69) is 5.10 Å². The fourth-order valence-corrected chi connectivity index (χ4v) is 3.52. The molecule has 8 heteroatoms. The van der Waals surface area contributed by atoms with E-state index in [0.29, 0.717) is 11.4 Å². The second kappa shape index (κ2) is 6.43. The Morgan fingerprint density at radius 1 is 1.30 bits per heavy atom. The molecule has 2 heterocycles. The third kappa shape index (κ3) is 3.01. The SMILES string of the molecule is C[C@H]1CN(C(=O)O)c2cc(-c3cnn(CC#N)c3)ccc2N1C(=O)C1CC1. The van der Waals surface area contributed by atoms with Crippen LogP contribution < -0.4 is 9.80 Å². The molecule has 1 aliphatic heterocycles. The first-order valence-corrected chi connectivity index (χ1v) is 8.87. The number of anilines is 2. The molecule has 1 fully saturated rings. The number of carboxylic acid groups (broad SMARTS) is 1. The smallest absolute Gasteiger partial charge is 0.411 e. The number of hydrogen-bond acceptors (Lipinski definition) is 4. The number of benzene rings is 1. The van der Waals surface area contributed by atoms with Crippen molar-refractivity contribution in [1.29, 1.82) is 5.26 Å². The summed E-state index contributed by atoms with van der Waals surface area (Å²) in [6.45, 7) is 2.25. The van der Waals surface area contributed by atoms with E-state index in [-0.39, 0.29) is 31.0 Å². The number of amides is 2. The van der Waals surface area contributed by atoms with E-state index >= 15 is 0 Å². The zero-order chi connectivity index (χ0) is 19.1.